The third kappa shape index (κ3) is 2.70. The van der Waals surface area contributed by atoms with Gasteiger partial charge in [-0.3, -0.25) is 4.79 Å². The van der Waals surface area contributed by atoms with Crippen molar-refractivity contribution in [3.05, 3.63) is 16.2 Å². The van der Waals surface area contributed by atoms with Gasteiger partial charge in [0.15, 0.2) is 0 Å². The predicted molar refractivity (Wildman–Crippen MR) is 74.4 cm³/mol. The van der Waals surface area contributed by atoms with Crippen LogP contribution in [-0.4, -0.2) is 29.5 Å². The third-order valence-corrected chi connectivity index (χ3v) is 3.80. The van der Waals surface area contributed by atoms with E-state index >= 15 is 0 Å². The van der Waals surface area contributed by atoms with Crippen molar-refractivity contribution in [2.24, 2.45) is 0 Å². The van der Waals surface area contributed by atoms with E-state index in [0.29, 0.717) is 5.82 Å². The molecule has 2 heterocycles. The minimum absolute atomic E-state index is 0.108. The van der Waals surface area contributed by atoms with Crippen LogP contribution in [0.2, 0.25) is 5.28 Å². The summed E-state index contributed by atoms with van der Waals surface area (Å²) < 4.78 is 0. The van der Waals surface area contributed by atoms with Crippen LogP contribution in [0.15, 0.2) is 6.07 Å². The SMILES string of the molecule is CCc1cc2c(NCC(=O)NC)nc(Cl)nc2s1. The van der Waals surface area contributed by atoms with E-state index in [9.17, 15) is 4.79 Å². The number of nitrogens with one attached hydrogen (secondary N) is 2. The maximum Gasteiger partial charge on any atom is 0.239 e. The maximum absolute atomic E-state index is 11.2. The van der Waals surface area contributed by atoms with Gasteiger partial charge >= 0.3 is 0 Å². The van der Waals surface area contributed by atoms with Gasteiger partial charge in [0.1, 0.15) is 10.6 Å². The number of anilines is 1. The Morgan fingerprint density at radius 2 is 2.28 bits per heavy atom. The lowest BCUT2D eigenvalue weighted by Gasteiger charge is -2.05. The van der Waals surface area contributed by atoms with Crippen LogP contribution in [0.25, 0.3) is 10.2 Å². The zero-order chi connectivity index (χ0) is 13.1. The molecule has 5 nitrogen and oxygen atoms in total. The fourth-order valence-corrected chi connectivity index (χ4v) is 2.69. The van der Waals surface area contributed by atoms with Gasteiger partial charge in [-0.2, -0.15) is 0 Å². The summed E-state index contributed by atoms with van der Waals surface area (Å²) in [6.07, 6.45) is 0.938. The molecule has 0 aliphatic heterocycles. The molecule has 18 heavy (non-hydrogen) atoms. The first-order valence-corrected chi connectivity index (χ1v) is 6.74. The smallest absolute Gasteiger partial charge is 0.239 e. The van der Waals surface area contributed by atoms with Gasteiger partial charge in [0.25, 0.3) is 0 Å². The average molecular weight is 285 g/mol. The molecule has 0 saturated heterocycles. The van der Waals surface area contributed by atoms with Gasteiger partial charge in [0.05, 0.1) is 11.9 Å². The molecular formula is C11H13ClN4OS. The van der Waals surface area contributed by atoms with Crippen molar-refractivity contribution in [1.82, 2.24) is 15.3 Å². The normalized spacial score (nSPS) is 10.6. The van der Waals surface area contributed by atoms with E-state index in [-0.39, 0.29) is 17.7 Å². The molecule has 2 rings (SSSR count). The Morgan fingerprint density at radius 3 is 2.94 bits per heavy atom. The Morgan fingerprint density at radius 1 is 1.50 bits per heavy atom. The highest BCUT2D eigenvalue weighted by Gasteiger charge is 2.11. The second-order valence-electron chi connectivity index (χ2n) is 3.65. The van der Waals surface area contributed by atoms with Crippen LogP contribution in [0.1, 0.15) is 11.8 Å². The van der Waals surface area contributed by atoms with Crippen LogP contribution >= 0.6 is 22.9 Å². The van der Waals surface area contributed by atoms with Crippen molar-refractivity contribution in [1.29, 1.82) is 0 Å². The molecule has 0 fully saturated rings. The maximum atomic E-state index is 11.2. The number of aromatic nitrogens is 2. The van der Waals surface area contributed by atoms with Gasteiger partial charge in [-0.05, 0) is 24.1 Å². The summed E-state index contributed by atoms with van der Waals surface area (Å²) in [5.41, 5.74) is 0. The van der Waals surface area contributed by atoms with Crippen LogP contribution in [0, 0.1) is 0 Å². The van der Waals surface area contributed by atoms with Crippen molar-refractivity contribution in [3.63, 3.8) is 0 Å². The van der Waals surface area contributed by atoms with E-state index in [2.05, 4.69) is 27.5 Å². The average Bonchev–Trinajstić information content (AvgIpc) is 2.78. The molecular weight excluding hydrogens is 272 g/mol. The first-order valence-electron chi connectivity index (χ1n) is 5.54. The molecule has 0 spiro atoms. The molecule has 0 saturated carbocycles. The lowest BCUT2D eigenvalue weighted by atomic mass is 10.3. The van der Waals surface area contributed by atoms with E-state index in [4.69, 9.17) is 11.6 Å². The van der Waals surface area contributed by atoms with Crippen molar-refractivity contribution in [3.8, 4) is 0 Å². The molecule has 0 aromatic carbocycles. The Labute approximate surface area is 114 Å². The highest BCUT2D eigenvalue weighted by Crippen LogP contribution is 2.30. The highest BCUT2D eigenvalue weighted by atomic mass is 35.5. The van der Waals surface area contributed by atoms with E-state index in [0.717, 1.165) is 16.6 Å². The first kappa shape index (κ1) is 13.0. The monoisotopic (exact) mass is 284 g/mol. The number of hydrogen-bond acceptors (Lipinski definition) is 5. The summed E-state index contributed by atoms with van der Waals surface area (Å²) in [4.78, 5) is 21.6. The van der Waals surface area contributed by atoms with E-state index in [1.54, 1.807) is 18.4 Å². The van der Waals surface area contributed by atoms with Crippen LogP contribution in [-0.2, 0) is 11.2 Å². The van der Waals surface area contributed by atoms with Gasteiger partial charge in [0, 0.05) is 11.9 Å². The zero-order valence-corrected chi connectivity index (χ0v) is 11.7. The van der Waals surface area contributed by atoms with Crippen molar-refractivity contribution in [2.45, 2.75) is 13.3 Å². The van der Waals surface area contributed by atoms with Gasteiger partial charge in [0.2, 0.25) is 11.2 Å². The number of thiophene rings is 1. The lowest BCUT2D eigenvalue weighted by Crippen LogP contribution is -2.26. The minimum Gasteiger partial charge on any atom is -0.360 e. The summed E-state index contributed by atoms with van der Waals surface area (Å²) in [6.45, 7) is 2.24. The minimum atomic E-state index is -0.108. The molecule has 2 N–H and O–H groups in total. The van der Waals surface area contributed by atoms with Gasteiger partial charge in [-0.1, -0.05) is 6.92 Å². The van der Waals surface area contributed by atoms with Gasteiger partial charge in [-0.25, -0.2) is 9.97 Å². The van der Waals surface area contributed by atoms with Crippen LogP contribution < -0.4 is 10.6 Å². The van der Waals surface area contributed by atoms with Crippen molar-refractivity contribution >= 4 is 44.9 Å². The standard InChI is InChI=1S/C11H13ClN4OS/c1-3-6-4-7-9(14-5-8(17)13-2)15-11(12)16-10(7)18-6/h4H,3,5H2,1-2H3,(H,13,17)(H,14,15,16). The Hall–Kier alpha value is -1.40. The number of amides is 1. The second kappa shape index (κ2) is 5.49. The number of carbonyl (C=O) groups is 1. The molecule has 2 aromatic rings. The zero-order valence-electron chi connectivity index (χ0n) is 10.1. The predicted octanol–water partition coefficient (Wildman–Crippen LogP) is 2.06. The first-order chi connectivity index (χ1) is 8.63. The van der Waals surface area contributed by atoms with Crippen LogP contribution in [0.3, 0.4) is 0 Å². The molecule has 0 unspecified atom stereocenters. The number of hydrogen-bond donors (Lipinski definition) is 2. The molecule has 0 bridgehead atoms. The molecule has 2 aromatic heterocycles. The quantitative estimate of drug-likeness (QED) is 0.844. The molecule has 1 amide bonds. The molecule has 0 aliphatic carbocycles. The number of rotatable bonds is 4. The third-order valence-electron chi connectivity index (χ3n) is 2.46. The number of aryl methyl sites for hydroxylation is 1. The lowest BCUT2D eigenvalue weighted by molar-refractivity contribution is -0.118. The van der Waals surface area contributed by atoms with E-state index in [1.165, 1.54) is 4.88 Å². The molecule has 0 radical (unpaired) electrons. The summed E-state index contributed by atoms with van der Waals surface area (Å²) in [5, 5.41) is 6.61. The number of likely N-dealkylation sites (N-methyl/N-ethyl adjacent to an activating group) is 1. The summed E-state index contributed by atoms with van der Waals surface area (Å²) >= 11 is 7.46. The van der Waals surface area contributed by atoms with Crippen molar-refractivity contribution < 1.29 is 4.79 Å². The molecule has 96 valence electrons. The molecule has 7 heteroatoms. The molecule has 0 aliphatic rings. The molecule has 0 atom stereocenters. The Bertz CT molecular complexity index is 584. The summed E-state index contributed by atoms with van der Waals surface area (Å²) in [7, 11) is 1.59. The fourth-order valence-electron chi connectivity index (χ4n) is 1.51. The second-order valence-corrected chi connectivity index (χ2v) is 5.11. The topological polar surface area (TPSA) is 66.9 Å². The summed E-state index contributed by atoms with van der Waals surface area (Å²) in [6, 6.07) is 2.03. The summed E-state index contributed by atoms with van der Waals surface area (Å²) in [5.74, 6) is 0.494. The number of nitrogens with zero attached hydrogens (tertiary/aromatic N) is 2. The Balaban J connectivity index is 2.35. The van der Waals surface area contributed by atoms with Crippen LogP contribution in [0.4, 0.5) is 5.82 Å². The fraction of sp³-hybridized carbons (Fsp3) is 0.364. The largest absolute Gasteiger partial charge is 0.360 e. The van der Waals surface area contributed by atoms with E-state index < -0.39 is 0 Å². The highest BCUT2D eigenvalue weighted by molar-refractivity contribution is 7.18. The van der Waals surface area contributed by atoms with Crippen LogP contribution in [0.5, 0.6) is 0 Å². The van der Waals surface area contributed by atoms with Gasteiger partial charge in [-0.15, -0.1) is 11.3 Å². The Kier molecular flexibility index (Phi) is 3.98. The van der Waals surface area contributed by atoms with E-state index in [1.807, 2.05) is 6.07 Å². The number of carbonyl (C=O) groups excluding carboxylic acids is 1. The van der Waals surface area contributed by atoms with Crippen molar-refractivity contribution in [2.75, 3.05) is 18.9 Å². The number of fused-ring (bicyclic) bond motifs is 1. The van der Waals surface area contributed by atoms with Gasteiger partial charge < -0.3 is 10.6 Å². The number of halogens is 1.